The minimum absolute atomic E-state index is 0.102. The van der Waals surface area contributed by atoms with E-state index in [-0.39, 0.29) is 11.5 Å². The fraction of sp³-hybridized carbons (Fsp3) is 0.125. The molecule has 1 amide bonds. The van der Waals surface area contributed by atoms with E-state index in [1.807, 2.05) is 58.3 Å². The average molecular weight is 489 g/mol. The summed E-state index contributed by atoms with van der Waals surface area (Å²) in [4.78, 5) is 31.6. The van der Waals surface area contributed by atoms with Crippen molar-refractivity contribution in [2.24, 2.45) is 0 Å². The Morgan fingerprint density at radius 3 is 2.68 bits per heavy atom. The number of thioether (sulfide) groups is 1. The number of carbonyl (C=O) groups is 1. The average Bonchev–Trinajstić information content (AvgIpc) is 3.48. The zero-order valence-corrected chi connectivity index (χ0v) is 19.9. The molecule has 5 rings (SSSR count). The highest BCUT2D eigenvalue weighted by Gasteiger charge is 2.19. The molecular weight excluding hydrogens is 468 g/mol. The molecule has 170 valence electrons. The van der Waals surface area contributed by atoms with Gasteiger partial charge in [0.2, 0.25) is 11.7 Å². The first-order valence-electron chi connectivity index (χ1n) is 10.5. The van der Waals surface area contributed by atoms with E-state index in [1.165, 1.54) is 30.0 Å². The van der Waals surface area contributed by atoms with E-state index in [0.29, 0.717) is 33.7 Å². The van der Waals surface area contributed by atoms with Crippen LogP contribution in [0.15, 0.2) is 82.6 Å². The van der Waals surface area contributed by atoms with Gasteiger partial charge in [0, 0.05) is 24.6 Å². The normalized spacial score (nSPS) is 11.2. The molecule has 3 aromatic heterocycles. The number of aromatic nitrogens is 5. The van der Waals surface area contributed by atoms with Crippen molar-refractivity contribution in [2.75, 3.05) is 4.90 Å². The summed E-state index contributed by atoms with van der Waals surface area (Å²) in [6, 6.07) is 16.9. The van der Waals surface area contributed by atoms with E-state index in [4.69, 9.17) is 0 Å². The number of hydrogen-bond donors (Lipinski definition) is 0. The van der Waals surface area contributed by atoms with Crippen molar-refractivity contribution in [2.45, 2.75) is 24.4 Å². The summed E-state index contributed by atoms with van der Waals surface area (Å²) in [6.07, 6.45) is 1.67. The van der Waals surface area contributed by atoms with Crippen molar-refractivity contribution >= 4 is 56.5 Å². The molecule has 0 fully saturated rings. The smallest absolute Gasteiger partial charge is 0.263 e. The van der Waals surface area contributed by atoms with E-state index in [0.717, 1.165) is 16.9 Å². The van der Waals surface area contributed by atoms with Gasteiger partial charge in [0.05, 0.1) is 22.3 Å². The zero-order chi connectivity index (χ0) is 23.7. The largest absolute Gasteiger partial charge is 0.274 e. The lowest BCUT2D eigenvalue weighted by Crippen LogP contribution is -2.22. The SMILES string of the molecule is C=CCn1c(=O)c2ccccc2n2c(SCc3csc(N(C(C)=O)c4ccccc4)n3)nnc12. The van der Waals surface area contributed by atoms with Crippen molar-refractivity contribution in [1.82, 2.24) is 24.1 Å². The standard InChI is InChI=1S/C24H20N6O2S2/c1-3-13-28-21(32)19-11-7-8-12-20(19)30-22(28)26-27-24(30)34-15-17-14-33-23(25-17)29(16(2)31)18-9-5-4-6-10-18/h3-12,14H,1,13,15H2,2H3. The van der Waals surface area contributed by atoms with Gasteiger partial charge in [-0.25, -0.2) is 4.98 Å². The molecule has 0 bridgehead atoms. The molecule has 34 heavy (non-hydrogen) atoms. The number of benzene rings is 2. The van der Waals surface area contributed by atoms with Crippen LogP contribution in [-0.2, 0) is 17.1 Å². The van der Waals surface area contributed by atoms with Crippen molar-refractivity contribution < 1.29 is 4.79 Å². The second kappa shape index (κ2) is 9.24. The predicted molar refractivity (Wildman–Crippen MR) is 136 cm³/mol. The molecule has 0 spiro atoms. The van der Waals surface area contributed by atoms with Gasteiger partial charge in [-0.05, 0) is 24.3 Å². The number of thiazole rings is 1. The van der Waals surface area contributed by atoms with E-state index < -0.39 is 0 Å². The number of fused-ring (bicyclic) bond motifs is 3. The molecule has 0 aliphatic rings. The van der Waals surface area contributed by atoms with Crippen molar-refractivity contribution in [3.8, 4) is 0 Å². The first-order chi connectivity index (χ1) is 16.6. The van der Waals surface area contributed by atoms with Crippen LogP contribution in [0.4, 0.5) is 10.8 Å². The maximum absolute atomic E-state index is 12.9. The minimum Gasteiger partial charge on any atom is -0.274 e. The first kappa shape index (κ1) is 22.1. The number of carbonyl (C=O) groups excluding carboxylic acids is 1. The van der Waals surface area contributed by atoms with Crippen LogP contribution in [0, 0.1) is 0 Å². The summed E-state index contributed by atoms with van der Waals surface area (Å²) in [5, 5.41) is 12.5. The Balaban J connectivity index is 1.48. The van der Waals surface area contributed by atoms with Crippen molar-refractivity contribution in [3.05, 3.63) is 88.7 Å². The summed E-state index contributed by atoms with van der Waals surface area (Å²) in [6.45, 7) is 5.63. The van der Waals surface area contributed by atoms with Crippen molar-refractivity contribution in [3.63, 3.8) is 0 Å². The molecule has 0 atom stereocenters. The number of anilines is 2. The molecule has 0 unspecified atom stereocenters. The van der Waals surface area contributed by atoms with Crippen LogP contribution in [0.1, 0.15) is 12.6 Å². The maximum Gasteiger partial charge on any atom is 0.263 e. The van der Waals surface area contributed by atoms with E-state index in [2.05, 4.69) is 21.8 Å². The molecule has 0 saturated carbocycles. The van der Waals surface area contributed by atoms with Gasteiger partial charge in [-0.1, -0.05) is 48.2 Å². The molecule has 5 aromatic rings. The highest BCUT2D eigenvalue weighted by atomic mass is 32.2. The molecule has 0 aliphatic carbocycles. The summed E-state index contributed by atoms with van der Waals surface area (Å²) in [7, 11) is 0. The number of allylic oxidation sites excluding steroid dienone is 1. The van der Waals surface area contributed by atoms with E-state index in [9.17, 15) is 9.59 Å². The molecule has 0 N–H and O–H groups in total. The number of rotatable bonds is 7. The van der Waals surface area contributed by atoms with Crippen molar-refractivity contribution in [1.29, 1.82) is 0 Å². The zero-order valence-electron chi connectivity index (χ0n) is 18.3. The van der Waals surface area contributed by atoms with Crippen LogP contribution >= 0.6 is 23.1 Å². The number of para-hydroxylation sites is 2. The third-order valence-electron chi connectivity index (χ3n) is 5.20. The van der Waals surface area contributed by atoms with Gasteiger partial charge in [0.25, 0.3) is 5.56 Å². The minimum atomic E-state index is -0.124. The highest BCUT2D eigenvalue weighted by Crippen LogP contribution is 2.31. The third kappa shape index (κ3) is 3.91. The Bertz CT molecular complexity index is 1570. The quantitative estimate of drug-likeness (QED) is 0.245. The Labute approximate surface area is 203 Å². The number of hydrogen-bond acceptors (Lipinski definition) is 7. The van der Waals surface area contributed by atoms with Gasteiger partial charge in [-0.2, -0.15) is 0 Å². The Hall–Kier alpha value is -3.76. The summed E-state index contributed by atoms with van der Waals surface area (Å²) in [5.41, 5.74) is 2.23. The maximum atomic E-state index is 12.9. The lowest BCUT2D eigenvalue weighted by atomic mass is 10.2. The summed E-state index contributed by atoms with van der Waals surface area (Å²) in [5.74, 6) is 0.902. The first-order valence-corrected chi connectivity index (χ1v) is 12.4. The van der Waals surface area contributed by atoms with Crippen LogP contribution in [0.5, 0.6) is 0 Å². The predicted octanol–water partition coefficient (Wildman–Crippen LogP) is 4.66. The molecule has 0 saturated heterocycles. The second-order valence-corrected chi connectivity index (χ2v) is 9.22. The highest BCUT2D eigenvalue weighted by molar-refractivity contribution is 7.98. The van der Waals surface area contributed by atoms with Crippen LogP contribution in [0.3, 0.4) is 0 Å². The number of nitrogens with zero attached hydrogens (tertiary/aromatic N) is 6. The van der Waals surface area contributed by atoms with Gasteiger partial charge in [-0.15, -0.1) is 28.1 Å². The van der Waals surface area contributed by atoms with Crippen LogP contribution in [0.2, 0.25) is 0 Å². The topological polar surface area (TPSA) is 85.4 Å². The summed E-state index contributed by atoms with van der Waals surface area (Å²) >= 11 is 2.89. The van der Waals surface area contributed by atoms with Crippen LogP contribution in [-0.4, -0.2) is 30.1 Å². The van der Waals surface area contributed by atoms with E-state index >= 15 is 0 Å². The van der Waals surface area contributed by atoms with Gasteiger partial charge >= 0.3 is 0 Å². The molecule has 0 radical (unpaired) electrons. The Morgan fingerprint density at radius 2 is 1.91 bits per heavy atom. The van der Waals surface area contributed by atoms with Gasteiger partial charge in [0.1, 0.15) is 0 Å². The molecule has 10 heteroatoms. The van der Waals surface area contributed by atoms with Gasteiger partial charge in [-0.3, -0.25) is 23.5 Å². The Morgan fingerprint density at radius 1 is 1.15 bits per heavy atom. The third-order valence-corrected chi connectivity index (χ3v) is 7.04. The fourth-order valence-electron chi connectivity index (χ4n) is 3.73. The van der Waals surface area contributed by atoms with Crippen LogP contribution < -0.4 is 10.5 Å². The van der Waals surface area contributed by atoms with Crippen LogP contribution in [0.25, 0.3) is 16.7 Å². The fourth-order valence-corrected chi connectivity index (χ4v) is 5.55. The molecule has 8 nitrogen and oxygen atoms in total. The van der Waals surface area contributed by atoms with Gasteiger partial charge in [0.15, 0.2) is 10.3 Å². The van der Waals surface area contributed by atoms with Gasteiger partial charge < -0.3 is 0 Å². The lowest BCUT2D eigenvalue weighted by Gasteiger charge is -2.17. The second-order valence-electron chi connectivity index (χ2n) is 7.44. The molecule has 3 heterocycles. The molecular formula is C24H20N6O2S2. The Kier molecular flexibility index (Phi) is 5.99. The number of amides is 1. The van der Waals surface area contributed by atoms with E-state index in [1.54, 1.807) is 21.6 Å². The summed E-state index contributed by atoms with van der Waals surface area (Å²) < 4.78 is 3.46. The lowest BCUT2D eigenvalue weighted by molar-refractivity contribution is -0.115. The molecule has 0 aliphatic heterocycles. The molecule has 2 aromatic carbocycles. The monoisotopic (exact) mass is 488 g/mol.